The van der Waals surface area contributed by atoms with Gasteiger partial charge in [-0.1, -0.05) is 12.1 Å². The quantitative estimate of drug-likeness (QED) is 0.681. The second-order valence-electron chi connectivity index (χ2n) is 7.03. The van der Waals surface area contributed by atoms with Crippen LogP contribution in [0.25, 0.3) is 5.65 Å². The summed E-state index contributed by atoms with van der Waals surface area (Å²) in [7, 11) is 3.20. The molecule has 1 atom stereocenters. The maximum absolute atomic E-state index is 12.9. The fourth-order valence-electron chi connectivity index (χ4n) is 3.83. The third-order valence-electron chi connectivity index (χ3n) is 5.28. The minimum absolute atomic E-state index is 0.116. The van der Waals surface area contributed by atoms with E-state index in [-0.39, 0.29) is 11.8 Å². The lowest BCUT2D eigenvalue weighted by Crippen LogP contribution is -2.40. The van der Waals surface area contributed by atoms with Crippen molar-refractivity contribution in [3.63, 3.8) is 0 Å². The van der Waals surface area contributed by atoms with Crippen molar-refractivity contribution in [2.45, 2.75) is 25.2 Å². The zero-order valence-electron chi connectivity index (χ0n) is 16.2. The Hall–Kier alpha value is -3.09. The average molecular weight is 380 g/mol. The molecule has 0 spiro atoms. The number of carbonyl (C=O) groups is 1. The molecule has 3 heterocycles. The lowest BCUT2D eigenvalue weighted by Gasteiger charge is -2.32. The number of aromatic nitrogens is 3. The summed E-state index contributed by atoms with van der Waals surface area (Å²) in [6, 6.07) is 11.5. The molecular formula is C21H24N4O3. The minimum atomic E-state index is 0.116. The largest absolute Gasteiger partial charge is 0.493 e. The van der Waals surface area contributed by atoms with Gasteiger partial charge in [0, 0.05) is 25.2 Å². The molecule has 4 rings (SSSR count). The van der Waals surface area contributed by atoms with Crippen molar-refractivity contribution >= 4 is 11.6 Å². The normalized spacial score (nSPS) is 16.9. The van der Waals surface area contributed by atoms with Gasteiger partial charge in [0.05, 0.1) is 20.6 Å². The summed E-state index contributed by atoms with van der Waals surface area (Å²) < 4.78 is 12.6. The molecule has 1 aromatic carbocycles. The lowest BCUT2D eigenvalue weighted by atomic mass is 9.96. The summed E-state index contributed by atoms with van der Waals surface area (Å²) in [6.45, 7) is 1.45. The van der Waals surface area contributed by atoms with Gasteiger partial charge in [0.25, 0.3) is 0 Å². The lowest BCUT2D eigenvalue weighted by molar-refractivity contribution is -0.131. The Morgan fingerprint density at radius 2 is 2.00 bits per heavy atom. The fourth-order valence-corrected chi connectivity index (χ4v) is 3.83. The third-order valence-corrected chi connectivity index (χ3v) is 5.28. The molecule has 3 aromatic rings. The number of hydrogen-bond donors (Lipinski definition) is 0. The van der Waals surface area contributed by atoms with Gasteiger partial charge in [-0.15, -0.1) is 10.2 Å². The van der Waals surface area contributed by atoms with E-state index in [0.29, 0.717) is 24.5 Å². The fraction of sp³-hybridized carbons (Fsp3) is 0.381. The van der Waals surface area contributed by atoms with Crippen LogP contribution in [0.15, 0.2) is 42.6 Å². The number of amides is 1. The molecule has 1 saturated heterocycles. The molecule has 1 aliphatic rings. The first-order valence-corrected chi connectivity index (χ1v) is 9.48. The molecule has 0 unspecified atom stereocenters. The summed E-state index contributed by atoms with van der Waals surface area (Å²) in [4.78, 5) is 14.9. The van der Waals surface area contributed by atoms with Gasteiger partial charge < -0.3 is 14.4 Å². The van der Waals surface area contributed by atoms with Crippen molar-refractivity contribution in [2.24, 2.45) is 0 Å². The number of benzene rings is 1. The van der Waals surface area contributed by atoms with Crippen molar-refractivity contribution in [3.8, 4) is 11.5 Å². The van der Waals surface area contributed by atoms with Gasteiger partial charge in [-0.05, 0) is 42.7 Å². The van der Waals surface area contributed by atoms with E-state index in [1.165, 1.54) is 0 Å². The van der Waals surface area contributed by atoms with Crippen LogP contribution in [0.1, 0.15) is 30.1 Å². The number of nitrogens with zero attached hydrogens (tertiary/aromatic N) is 4. The SMILES string of the molecule is COc1ccc(CC(=O)N2CCC[C@H](c3nnc4ccccn34)C2)cc1OC. The number of hydrogen-bond acceptors (Lipinski definition) is 5. The predicted octanol–water partition coefficient (Wildman–Crippen LogP) is 2.70. The van der Waals surface area contributed by atoms with E-state index in [4.69, 9.17) is 9.47 Å². The molecule has 0 N–H and O–H groups in total. The number of pyridine rings is 1. The zero-order chi connectivity index (χ0) is 19.5. The van der Waals surface area contributed by atoms with E-state index in [0.717, 1.165) is 36.4 Å². The zero-order valence-corrected chi connectivity index (χ0v) is 16.2. The number of likely N-dealkylation sites (tertiary alicyclic amines) is 1. The second kappa shape index (κ2) is 7.88. The molecule has 28 heavy (non-hydrogen) atoms. The van der Waals surface area contributed by atoms with Crippen LogP contribution in [0, 0.1) is 0 Å². The molecule has 0 radical (unpaired) electrons. The van der Waals surface area contributed by atoms with Gasteiger partial charge in [0.15, 0.2) is 17.1 Å². The van der Waals surface area contributed by atoms with Crippen LogP contribution >= 0.6 is 0 Å². The van der Waals surface area contributed by atoms with Gasteiger partial charge in [-0.2, -0.15) is 0 Å². The van der Waals surface area contributed by atoms with Crippen LogP contribution in [0.2, 0.25) is 0 Å². The van der Waals surface area contributed by atoms with E-state index < -0.39 is 0 Å². The van der Waals surface area contributed by atoms with Gasteiger partial charge in [0.1, 0.15) is 5.82 Å². The van der Waals surface area contributed by atoms with Crippen LogP contribution in [0.5, 0.6) is 11.5 Å². The standard InChI is InChI=1S/C21H24N4O3/c1-27-17-9-8-15(12-18(17)28-2)13-20(26)24-10-5-6-16(14-24)21-23-22-19-7-3-4-11-25(19)21/h3-4,7-9,11-12,16H,5-6,10,13-14H2,1-2H3/t16-/m0/s1. The average Bonchev–Trinajstić information content (AvgIpc) is 3.18. The highest BCUT2D eigenvalue weighted by molar-refractivity contribution is 5.79. The molecule has 0 saturated carbocycles. The van der Waals surface area contributed by atoms with Crippen LogP contribution in [-0.2, 0) is 11.2 Å². The summed E-state index contributed by atoms with van der Waals surface area (Å²) in [5.41, 5.74) is 1.75. The molecule has 1 amide bonds. The molecule has 0 aliphatic carbocycles. The number of methoxy groups -OCH3 is 2. The molecule has 7 heteroatoms. The number of piperidine rings is 1. The summed E-state index contributed by atoms with van der Waals surface area (Å²) in [6.07, 6.45) is 4.29. The maximum Gasteiger partial charge on any atom is 0.227 e. The third kappa shape index (κ3) is 3.52. The van der Waals surface area contributed by atoms with Crippen molar-refractivity contribution in [1.29, 1.82) is 0 Å². The number of fused-ring (bicyclic) bond motifs is 1. The van der Waals surface area contributed by atoms with E-state index in [1.807, 2.05) is 51.9 Å². The highest BCUT2D eigenvalue weighted by atomic mass is 16.5. The van der Waals surface area contributed by atoms with Crippen LogP contribution in [-0.4, -0.2) is 52.7 Å². The number of ether oxygens (including phenoxy) is 2. The summed E-state index contributed by atoms with van der Waals surface area (Å²) in [5, 5.41) is 8.63. The van der Waals surface area contributed by atoms with E-state index in [9.17, 15) is 4.79 Å². The van der Waals surface area contributed by atoms with Gasteiger partial charge >= 0.3 is 0 Å². The first-order chi connectivity index (χ1) is 13.7. The highest BCUT2D eigenvalue weighted by Crippen LogP contribution is 2.29. The molecule has 1 fully saturated rings. The summed E-state index contributed by atoms with van der Waals surface area (Å²) in [5.74, 6) is 2.54. The van der Waals surface area contributed by atoms with Crippen molar-refractivity contribution in [1.82, 2.24) is 19.5 Å². The molecular weight excluding hydrogens is 356 g/mol. The minimum Gasteiger partial charge on any atom is -0.493 e. The van der Waals surface area contributed by atoms with Gasteiger partial charge in [-0.3, -0.25) is 9.20 Å². The Kier molecular flexibility index (Phi) is 5.14. The first-order valence-electron chi connectivity index (χ1n) is 9.48. The van der Waals surface area contributed by atoms with Crippen LogP contribution < -0.4 is 9.47 Å². The maximum atomic E-state index is 12.9. The van der Waals surface area contributed by atoms with E-state index in [1.54, 1.807) is 14.2 Å². The topological polar surface area (TPSA) is 69.0 Å². The van der Waals surface area contributed by atoms with Crippen molar-refractivity contribution in [2.75, 3.05) is 27.3 Å². The van der Waals surface area contributed by atoms with Crippen molar-refractivity contribution < 1.29 is 14.3 Å². The second-order valence-corrected chi connectivity index (χ2v) is 7.03. The molecule has 146 valence electrons. The molecule has 7 nitrogen and oxygen atoms in total. The van der Waals surface area contributed by atoms with Gasteiger partial charge in [-0.25, -0.2) is 0 Å². The Labute approximate surface area is 163 Å². The van der Waals surface area contributed by atoms with E-state index >= 15 is 0 Å². The Bertz CT molecular complexity index is 985. The highest BCUT2D eigenvalue weighted by Gasteiger charge is 2.28. The number of carbonyl (C=O) groups excluding carboxylic acids is 1. The molecule has 0 bridgehead atoms. The first kappa shape index (κ1) is 18.3. The smallest absolute Gasteiger partial charge is 0.227 e. The molecule has 2 aromatic heterocycles. The van der Waals surface area contributed by atoms with Gasteiger partial charge in [0.2, 0.25) is 5.91 Å². The van der Waals surface area contributed by atoms with E-state index in [2.05, 4.69) is 10.2 Å². The summed E-state index contributed by atoms with van der Waals surface area (Å²) >= 11 is 0. The van der Waals surface area contributed by atoms with Crippen LogP contribution in [0.4, 0.5) is 0 Å². The Morgan fingerprint density at radius 3 is 2.82 bits per heavy atom. The Balaban J connectivity index is 1.48. The van der Waals surface area contributed by atoms with Crippen molar-refractivity contribution in [3.05, 3.63) is 54.0 Å². The number of rotatable bonds is 5. The Morgan fingerprint density at radius 1 is 1.14 bits per heavy atom. The van der Waals surface area contributed by atoms with Crippen LogP contribution in [0.3, 0.4) is 0 Å². The predicted molar refractivity (Wildman–Crippen MR) is 105 cm³/mol. The monoisotopic (exact) mass is 380 g/mol. The molecule has 1 aliphatic heterocycles.